The Morgan fingerprint density at radius 1 is 1.24 bits per heavy atom. The van der Waals surface area contributed by atoms with Gasteiger partial charge in [0.25, 0.3) is 0 Å². The standard InChI is InChI=1S/C15H24N2O3S/c1-12-3-4-13(2)17(11-12)21(18,19)15-7-5-14(6-8-15)20-10-9-16/h5-8,12-13H,3-4,9-11,16H2,1-2H3. The Morgan fingerprint density at radius 2 is 1.90 bits per heavy atom. The Morgan fingerprint density at radius 3 is 2.52 bits per heavy atom. The van der Waals surface area contributed by atoms with Crippen molar-refractivity contribution in [1.29, 1.82) is 0 Å². The molecule has 0 saturated carbocycles. The molecule has 21 heavy (non-hydrogen) atoms. The fourth-order valence-corrected chi connectivity index (χ4v) is 4.38. The van der Waals surface area contributed by atoms with Gasteiger partial charge >= 0.3 is 0 Å². The van der Waals surface area contributed by atoms with Crippen molar-refractivity contribution in [1.82, 2.24) is 4.31 Å². The van der Waals surface area contributed by atoms with E-state index in [1.54, 1.807) is 28.6 Å². The number of piperidine rings is 1. The molecular weight excluding hydrogens is 288 g/mol. The molecule has 2 N–H and O–H groups in total. The first kappa shape index (κ1) is 16.3. The molecular formula is C15H24N2O3S. The average molecular weight is 312 g/mol. The number of benzene rings is 1. The summed E-state index contributed by atoms with van der Waals surface area (Å²) in [6.07, 6.45) is 2.00. The van der Waals surface area contributed by atoms with Crippen molar-refractivity contribution in [3.05, 3.63) is 24.3 Å². The van der Waals surface area contributed by atoms with E-state index in [1.165, 1.54) is 0 Å². The summed E-state index contributed by atoms with van der Waals surface area (Å²) in [7, 11) is -3.43. The predicted octanol–water partition coefficient (Wildman–Crippen LogP) is 1.83. The quantitative estimate of drug-likeness (QED) is 0.900. The molecule has 5 nitrogen and oxygen atoms in total. The maximum Gasteiger partial charge on any atom is 0.243 e. The average Bonchev–Trinajstić information content (AvgIpc) is 2.48. The van der Waals surface area contributed by atoms with Gasteiger partial charge in [0.05, 0.1) is 4.90 Å². The zero-order valence-corrected chi connectivity index (χ0v) is 13.5. The molecule has 1 aromatic carbocycles. The Kier molecular flexibility index (Phi) is 5.24. The maximum absolute atomic E-state index is 12.7. The molecule has 1 aliphatic rings. The van der Waals surface area contributed by atoms with Crippen molar-refractivity contribution in [3.63, 3.8) is 0 Å². The van der Waals surface area contributed by atoms with E-state index >= 15 is 0 Å². The predicted molar refractivity (Wildman–Crippen MR) is 82.7 cm³/mol. The summed E-state index contributed by atoms with van der Waals surface area (Å²) >= 11 is 0. The molecule has 1 aromatic rings. The van der Waals surface area contributed by atoms with E-state index in [-0.39, 0.29) is 6.04 Å². The third-order valence-corrected chi connectivity index (χ3v) is 5.87. The van der Waals surface area contributed by atoms with E-state index in [0.29, 0.717) is 36.3 Å². The van der Waals surface area contributed by atoms with Gasteiger partial charge in [0, 0.05) is 19.1 Å². The zero-order valence-electron chi connectivity index (χ0n) is 12.7. The smallest absolute Gasteiger partial charge is 0.243 e. The Labute approximate surface area is 127 Å². The molecule has 0 radical (unpaired) electrons. The number of nitrogens with two attached hydrogens (primary N) is 1. The van der Waals surface area contributed by atoms with Crippen molar-refractivity contribution < 1.29 is 13.2 Å². The third kappa shape index (κ3) is 3.75. The minimum Gasteiger partial charge on any atom is -0.492 e. The Hall–Kier alpha value is -1.11. The molecule has 2 unspecified atom stereocenters. The summed E-state index contributed by atoms with van der Waals surface area (Å²) in [5, 5.41) is 0. The second-order valence-corrected chi connectivity index (χ2v) is 7.61. The highest BCUT2D eigenvalue weighted by molar-refractivity contribution is 7.89. The van der Waals surface area contributed by atoms with Crippen LogP contribution in [0.4, 0.5) is 0 Å². The molecule has 0 aromatic heterocycles. The van der Waals surface area contributed by atoms with Gasteiger partial charge in [-0.05, 0) is 49.9 Å². The van der Waals surface area contributed by atoms with Crippen LogP contribution in [0.5, 0.6) is 5.75 Å². The normalized spacial score (nSPS) is 24.0. The number of hydrogen-bond acceptors (Lipinski definition) is 4. The minimum atomic E-state index is -3.43. The molecule has 1 saturated heterocycles. The monoisotopic (exact) mass is 312 g/mol. The number of ether oxygens (including phenoxy) is 1. The van der Waals surface area contributed by atoms with E-state index in [1.807, 2.05) is 6.92 Å². The van der Waals surface area contributed by atoms with Crippen LogP contribution in [0.1, 0.15) is 26.7 Å². The van der Waals surface area contributed by atoms with Crippen molar-refractivity contribution >= 4 is 10.0 Å². The summed E-state index contributed by atoms with van der Waals surface area (Å²) in [5.74, 6) is 1.04. The molecule has 2 atom stereocenters. The Bertz CT molecular complexity index is 557. The summed E-state index contributed by atoms with van der Waals surface area (Å²) in [4.78, 5) is 0.323. The van der Waals surface area contributed by atoms with Crippen LogP contribution in [-0.2, 0) is 10.0 Å². The first-order valence-electron chi connectivity index (χ1n) is 7.40. The number of nitrogens with zero attached hydrogens (tertiary/aromatic N) is 1. The van der Waals surface area contributed by atoms with Gasteiger partial charge < -0.3 is 10.5 Å². The number of rotatable bonds is 5. The first-order chi connectivity index (χ1) is 9.95. The second kappa shape index (κ2) is 6.77. The van der Waals surface area contributed by atoms with E-state index in [9.17, 15) is 8.42 Å². The van der Waals surface area contributed by atoms with Gasteiger partial charge in [-0.15, -0.1) is 0 Å². The molecule has 1 fully saturated rings. The van der Waals surface area contributed by atoms with Gasteiger partial charge in [0.15, 0.2) is 0 Å². The van der Waals surface area contributed by atoms with Gasteiger partial charge in [-0.2, -0.15) is 4.31 Å². The fraction of sp³-hybridized carbons (Fsp3) is 0.600. The lowest BCUT2D eigenvalue weighted by Gasteiger charge is -2.35. The SMILES string of the molecule is CC1CCC(C)N(S(=O)(=O)c2ccc(OCCN)cc2)C1. The molecule has 0 spiro atoms. The van der Waals surface area contributed by atoms with Crippen LogP contribution in [0.2, 0.25) is 0 Å². The largest absolute Gasteiger partial charge is 0.492 e. The molecule has 6 heteroatoms. The molecule has 0 aliphatic carbocycles. The molecule has 1 heterocycles. The van der Waals surface area contributed by atoms with E-state index in [2.05, 4.69) is 6.92 Å². The van der Waals surface area contributed by atoms with Crippen LogP contribution in [0.3, 0.4) is 0 Å². The lowest BCUT2D eigenvalue weighted by atomic mass is 9.97. The number of sulfonamides is 1. The molecule has 0 amide bonds. The number of hydrogen-bond donors (Lipinski definition) is 1. The van der Waals surface area contributed by atoms with Crippen LogP contribution in [0.15, 0.2) is 29.2 Å². The minimum absolute atomic E-state index is 0.0550. The van der Waals surface area contributed by atoms with Gasteiger partial charge in [0.2, 0.25) is 10.0 Å². The summed E-state index contributed by atoms with van der Waals surface area (Å²) < 4.78 is 32.5. The highest BCUT2D eigenvalue weighted by Gasteiger charge is 2.33. The summed E-state index contributed by atoms with van der Waals surface area (Å²) in [5.41, 5.74) is 5.37. The maximum atomic E-state index is 12.7. The summed E-state index contributed by atoms with van der Waals surface area (Å²) in [6.45, 7) is 5.52. The Balaban J connectivity index is 2.18. The van der Waals surface area contributed by atoms with E-state index in [0.717, 1.165) is 12.8 Å². The van der Waals surface area contributed by atoms with Gasteiger partial charge in [-0.1, -0.05) is 6.92 Å². The van der Waals surface area contributed by atoms with E-state index in [4.69, 9.17) is 10.5 Å². The highest BCUT2D eigenvalue weighted by atomic mass is 32.2. The fourth-order valence-electron chi connectivity index (χ4n) is 2.60. The van der Waals surface area contributed by atoms with Gasteiger partial charge in [-0.25, -0.2) is 8.42 Å². The van der Waals surface area contributed by atoms with Crippen molar-refractivity contribution in [2.24, 2.45) is 11.7 Å². The van der Waals surface area contributed by atoms with Crippen LogP contribution < -0.4 is 10.5 Å². The van der Waals surface area contributed by atoms with Crippen LogP contribution in [0.25, 0.3) is 0 Å². The lowest BCUT2D eigenvalue weighted by Crippen LogP contribution is -2.44. The van der Waals surface area contributed by atoms with Crippen LogP contribution in [0, 0.1) is 5.92 Å². The van der Waals surface area contributed by atoms with Crippen molar-refractivity contribution in [2.45, 2.75) is 37.6 Å². The highest BCUT2D eigenvalue weighted by Crippen LogP contribution is 2.28. The molecule has 2 rings (SSSR count). The van der Waals surface area contributed by atoms with Gasteiger partial charge in [0.1, 0.15) is 12.4 Å². The van der Waals surface area contributed by atoms with Crippen LogP contribution in [-0.4, -0.2) is 38.5 Å². The molecule has 0 bridgehead atoms. The van der Waals surface area contributed by atoms with E-state index < -0.39 is 10.0 Å². The van der Waals surface area contributed by atoms with Crippen molar-refractivity contribution in [2.75, 3.05) is 19.7 Å². The van der Waals surface area contributed by atoms with Crippen LogP contribution >= 0.6 is 0 Å². The molecule has 118 valence electrons. The lowest BCUT2D eigenvalue weighted by molar-refractivity contribution is 0.218. The molecule has 1 aliphatic heterocycles. The second-order valence-electron chi connectivity index (χ2n) is 5.71. The zero-order chi connectivity index (χ0) is 15.5. The first-order valence-corrected chi connectivity index (χ1v) is 8.84. The van der Waals surface area contributed by atoms with Gasteiger partial charge in [-0.3, -0.25) is 0 Å². The topological polar surface area (TPSA) is 72.6 Å². The third-order valence-electron chi connectivity index (χ3n) is 3.88. The van der Waals surface area contributed by atoms with Crippen molar-refractivity contribution in [3.8, 4) is 5.75 Å². The summed E-state index contributed by atoms with van der Waals surface area (Å²) in [6, 6.07) is 6.63.